The van der Waals surface area contributed by atoms with E-state index in [1.165, 1.54) is 16.0 Å². The maximum absolute atomic E-state index is 9.72. The van der Waals surface area contributed by atoms with Crippen LogP contribution in [0.4, 0.5) is 5.69 Å². The van der Waals surface area contributed by atoms with E-state index in [-0.39, 0.29) is 5.75 Å². The SMILES string of the molecule is Oc1ccccc1N=CC1=Cc2ccccc2SCC1. The fraction of sp³-hybridized carbons (Fsp3) is 0.118. The van der Waals surface area contributed by atoms with Crippen molar-refractivity contribution in [1.82, 2.24) is 0 Å². The highest BCUT2D eigenvalue weighted by Crippen LogP contribution is 2.30. The number of benzene rings is 2. The molecule has 1 heterocycles. The van der Waals surface area contributed by atoms with Crippen LogP contribution < -0.4 is 0 Å². The topological polar surface area (TPSA) is 32.6 Å². The van der Waals surface area contributed by atoms with Gasteiger partial charge in [-0.1, -0.05) is 30.3 Å². The first kappa shape index (κ1) is 13.0. The van der Waals surface area contributed by atoms with Crippen molar-refractivity contribution in [2.24, 2.45) is 4.99 Å². The summed E-state index contributed by atoms with van der Waals surface area (Å²) in [7, 11) is 0. The Balaban J connectivity index is 1.88. The Labute approximate surface area is 122 Å². The monoisotopic (exact) mass is 281 g/mol. The number of allylic oxidation sites excluding steroid dienone is 1. The van der Waals surface area contributed by atoms with Crippen molar-refractivity contribution in [3.8, 4) is 5.75 Å². The highest BCUT2D eigenvalue weighted by atomic mass is 32.2. The minimum atomic E-state index is 0.216. The predicted octanol–water partition coefficient (Wildman–Crippen LogP) is 4.67. The Bertz CT molecular complexity index is 676. The number of phenolic OH excluding ortho intramolecular Hbond substituents is 1. The summed E-state index contributed by atoms with van der Waals surface area (Å²) in [6, 6.07) is 15.5. The maximum atomic E-state index is 9.72. The largest absolute Gasteiger partial charge is 0.506 e. The van der Waals surface area contributed by atoms with Crippen molar-refractivity contribution in [3.63, 3.8) is 0 Å². The summed E-state index contributed by atoms with van der Waals surface area (Å²) < 4.78 is 0. The van der Waals surface area contributed by atoms with Gasteiger partial charge >= 0.3 is 0 Å². The molecule has 100 valence electrons. The van der Waals surface area contributed by atoms with Crippen LogP contribution >= 0.6 is 11.8 Å². The van der Waals surface area contributed by atoms with E-state index in [4.69, 9.17) is 0 Å². The van der Waals surface area contributed by atoms with Crippen LogP contribution in [-0.4, -0.2) is 17.1 Å². The van der Waals surface area contributed by atoms with Crippen LogP contribution in [0.1, 0.15) is 12.0 Å². The smallest absolute Gasteiger partial charge is 0.141 e. The minimum absolute atomic E-state index is 0.216. The third-order valence-corrected chi connectivity index (χ3v) is 4.25. The Morgan fingerprint density at radius 3 is 2.75 bits per heavy atom. The van der Waals surface area contributed by atoms with Gasteiger partial charge in [0, 0.05) is 16.9 Å². The maximum Gasteiger partial charge on any atom is 0.141 e. The minimum Gasteiger partial charge on any atom is -0.506 e. The Morgan fingerprint density at radius 2 is 1.85 bits per heavy atom. The van der Waals surface area contributed by atoms with Crippen LogP contribution in [0.3, 0.4) is 0 Å². The summed E-state index contributed by atoms with van der Waals surface area (Å²) in [6.07, 6.45) is 5.02. The quantitative estimate of drug-likeness (QED) is 0.811. The molecule has 0 spiro atoms. The molecule has 2 nitrogen and oxygen atoms in total. The molecule has 0 fully saturated rings. The number of phenols is 1. The number of rotatable bonds is 2. The molecular weight excluding hydrogens is 266 g/mol. The number of fused-ring (bicyclic) bond motifs is 1. The highest BCUT2D eigenvalue weighted by Gasteiger charge is 2.07. The third-order valence-electron chi connectivity index (χ3n) is 3.16. The first-order valence-electron chi connectivity index (χ1n) is 6.57. The van der Waals surface area contributed by atoms with Gasteiger partial charge in [-0.05, 0) is 41.8 Å². The zero-order valence-electron chi connectivity index (χ0n) is 11.0. The van der Waals surface area contributed by atoms with E-state index in [1.807, 2.05) is 30.1 Å². The molecule has 0 saturated carbocycles. The van der Waals surface area contributed by atoms with Gasteiger partial charge in [-0.3, -0.25) is 4.99 Å². The number of hydrogen-bond acceptors (Lipinski definition) is 3. The second-order valence-electron chi connectivity index (χ2n) is 4.60. The number of nitrogens with zero attached hydrogens (tertiary/aromatic N) is 1. The van der Waals surface area contributed by atoms with Gasteiger partial charge in [-0.15, -0.1) is 11.8 Å². The molecule has 0 saturated heterocycles. The molecule has 0 amide bonds. The first-order chi connectivity index (χ1) is 9.83. The van der Waals surface area contributed by atoms with Crippen molar-refractivity contribution >= 4 is 29.7 Å². The average molecular weight is 281 g/mol. The van der Waals surface area contributed by atoms with Crippen LogP contribution in [0.25, 0.3) is 6.08 Å². The normalized spacial score (nSPS) is 14.7. The lowest BCUT2D eigenvalue weighted by Gasteiger charge is -2.00. The van der Waals surface area contributed by atoms with Crippen LogP contribution in [-0.2, 0) is 0 Å². The van der Waals surface area contributed by atoms with E-state index in [2.05, 4.69) is 35.3 Å². The van der Waals surface area contributed by atoms with Crippen molar-refractivity contribution in [2.75, 3.05) is 5.75 Å². The number of hydrogen-bond donors (Lipinski definition) is 1. The van der Waals surface area contributed by atoms with Crippen molar-refractivity contribution in [1.29, 1.82) is 0 Å². The molecule has 3 rings (SSSR count). The lowest BCUT2D eigenvalue weighted by atomic mass is 10.1. The van der Waals surface area contributed by atoms with Crippen LogP contribution in [0.15, 0.2) is 64.0 Å². The van der Waals surface area contributed by atoms with Crippen molar-refractivity contribution < 1.29 is 5.11 Å². The molecule has 2 aromatic carbocycles. The molecule has 1 aliphatic rings. The summed E-state index contributed by atoms with van der Waals surface area (Å²) in [4.78, 5) is 5.71. The van der Waals surface area contributed by atoms with Crippen molar-refractivity contribution in [2.45, 2.75) is 11.3 Å². The van der Waals surface area contributed by atoms with Crippen LogP contribution in [0, 0.1) is 0 Å². The molecule has 0 bridgehead atoms. The Hall–Kier alpha value is -2.00. The molecule has 3 heteroatoms. The van der Waals surface area contributed by atoms with Gasteiger partial charge in [0.2, 0.25) is 0 Å². The molecule has 2 aromatic rings. The molecule has 0 aromatic heterocycles. The fourth-order valence-corrected chi connectivity index (χ4v) is 3.14. The first-order valence-corrected chi connectivity index (χ1v) is 7.56. The molecule has 1 N–H and O–H groups in total. The Kier molecular flexibility index (Phi) is 3.88. The average Bonchev–Trinajstić information content (AvgIpc) is 2.68. The van der Waals surface area contributed by atoms with Gasteiger partial charge in [-0.2, -0.15) is 0 Å². The number of para-hydroxylation sites is 2. The summed E-state index contributed by atoms with van der Waals surface area (Å²) in [5.74, 6) is 1.27. The van der Waals surface area contributed by atoms with Gasteiger partial charge in [0.05, 0.1) is 0 Å². The van der Waals surface area contributed by atoms with Gasteiger partial charge in [0.25, 0.3) is 0 Å². The second-order valence-corrected chi connectivity index (χ2v) is 5.74. The molecule has 0 aliphatic carbocycles. The summed E-state index contributed by atoms with van der Waals surface area (Å²) in [5, 5.41) is 9.72. The van der Waals surface area contributed by atoms with Gasteiger partial charge < -0.3 is 5.11 Å². The zero-order chi connectivity index (χ0) is 13.8. The van der Waals surface area contributed by atoms with E-state index in [0.717, 1.165) is 12.2 Å². The Morgan fingerprint density at radius 1 is 1.05 bits per heavy atom. The lowest BCUT2D eigenvalue weighted by Crippen LogP contribution is -1.85. The van der Waals surface area contributed by atoms with E-state index < -0.39 is 0 Å². The molecule has 20 heavy (non-hydrogen) atoms. The lowest BCUT2D eigenvalue weighted by molar-refractivity contribution is 0.477. The van der Waals surface area contributed by atoms with Gasteiger partial charge in [0.1, 0.15) is 11.4 Å². The fourth-order valence-electron chi connectivity index (χ4n) is 2.11. The molecule has 0 unspecified atom stereocenters. The number of aromatic hydroxyl groups is 1. The zero-order valence-corrected chi connectivity index (χ0v) is 11.8. The molecule has 1 aliphatic heterocycles. The van der Waals surface area contributed by atoms with E-state index in [1.54, 1.807) is 12.1 Å². The predicted molar refractivity (Wildman–Crippen MR) is 86.0 cm³/mol. The second kappa shape index (κ2) is 5.97. The van der Waals surface area contributed by atoms with E-state index in [9.17, 15) is 5.11 Å². The van der Waals surface area contributed by atoms with Gasteiger partial charge in [-0.25, -0.2) is 0 Å². The van der Waals surface area contributed by atoms with Crippen LogP contribution in [0.2, 0.25) is 0 Å². The summed E-state index contributed by atoms with van der Waals surface area (Å²) in [6.45, 7) is 0. The van der Waals surface area contributed by atoms with Crippen LogP contribution in [0.5, 0.6) is 5.75 Å². The standard InChI is InChI=1S/C17H15NOS/c19-16-7-3-2-6-15(16)18-12-13-9-10-20-17-8-4-1-5-14(17)11-13/h1-8,11-12,19H,9-10H2. The summed E-state index contributed by atoms with van der Waals surface area (Å²) >= 11 is 1.87. The van der Waals surface area contributed by atoms with Crippen molar-refractivity contribution in [3.05, 3.63) is 59.7 Å². The number of thioether (sulfide) groups is 1. The third kappa shape index (κ3) is 2.94. The molecule has 0 atom stereocenters. The number of aliphatic imine (C=N–C) groups is 1. The van der Waals surface area contributed by atoms with Gasteiger partial charge in [0.15, 0.2) is 0 Å². The molecule has 0 radical (unpaired) electrons. The van der Waals surface area contributed by atoms with E-state index >= 15 is 0 Å². The molecular formula is C17H15NOS. The summed E-state index contributed by atoms with van der Waals surface area (Å²) in [5.41, 5.74) is 3.04. The van der Waals surface area contributed by atoms with E-state index in [0.29, 0.717) is 5.69 Å². The highest BCUT2D eigenvalue weighted by molar-refractivity contribution is 7.99.